The molecule has 2 fully saturated rings. The summed E-state index contributed by atoms with van der Waals surface area (Å²) in [6.45, 7) is 1.96. The number of hydrogen-bond acceptors (Lipinski definition) is 6. The van der Waals surface area contributed by atoms with Gasteiger partial charge in [-0.1, -0.05) is 25.7 Å². The summed E-state index contributed by atoms with van der Waals surface area (Å²) in [7, 11) is 2.01. The van der Waals surface area contributed by atoms with E-state index in [1.807, 2.05) is 7.05 Å². The molecule has 1 aromatic rings. The highest BCUT2D eigenvalue weighted by Crippen LogP contribution is 2.34. The largest absolute Gasteiger partial charge is 0.383 e. The van der Waals surface area contributed by atoms with E-state index in [0.717, 1.165) is 43.2 Å². The van der Waals surface area contributed by atoms with Crippen molar-refractivity contribution in [3.8, 4) is 0 Å². The topological polar surface area (TPSA) is 93.1 Å². The zero-order valence-corrected chi connectivity index (χ0v) is 12.8. The average Bonchev–Trinajstić information content (AvgIpc) is 3.12. The summed E-state index contributed by atoms with van der Waals surface area (Å²) in [5.41, 5.74) is 13.1. The summed E-state index contributed by atoms with van der Waals surface area (Å²) >= 11 is 0. The van der Waals surface area contributed by atoms with Crippen LogP contribution in [0.25, 0.3) is 0 Å². The van der Waals surface area contributed by atoms with Crippen LogP contribution in [-0.2, 0) is 6.42 Å². The lowest BCUT2D eigenvalue weighted by atomic mass is 9.98. The third kappa shape index (κ3) is 3.05. The van der Waals surface area contributed by atoms with E-state index >= 15 is 0 Å². The fourth-order valence-electron chi connectivity index (χ4n) is 3.66. The lowest BCUT2D eigenvalue weighted by Crippen LogP contribution is -2.31. The molecule has 0 bridgehead atoms. The van der Waals surface area contributed by atoms with E-state index < -0.39 is 0 Å². The van der Waals surface area contributed by atoms with Crippen LogP contribution < -0.4 is 21.7 Å². The van der Waals surface area contributed by atoms with Crippen LogP contribution in [0.2, 0.25) is 0 Å². The summed E-state index contributed by atoms with van der Waals surface area (Å²) in [6.07, 6.45) is 7.37. The molecule has 0 amide bonds. The van der Waals surface area contributed by atoms with Crippen molar-refractivity contribution < 1.29 is 0 Å². The normalized spacial score (nSPS) is 23.1. The first-order valence-corrected chi connectivity index (χ1v) is 8.01. The first kappa shape index (κ1) is 14.4. The third-order valence-electron chi connectivity index (χ3n) is 4.90. The number of nitrogens with zero attached hydrogens (tertiary/aromatic N) is 3. The molecule has 3 rings (SSSR count). The molecule has 116 valence electrons. The van der Waals surface area contributed by atoms with Crippen LogP contribution >= 0.6 is 0 Å². The average molecular weight is 290 g/mol. The summed E-state index contributed by atoms with van der Waals surface area (Å²) in [5, 5.41) is 3.34. The Morgan fingerprint density at radius 3 is 2.62 bits per heavy atom. The van der Waals surface area contributed by atoms with E-state index in [4.69, 9.17) is 11.5 Å². The number of rotatable bonds is 4. The number of aromatic nitrogens is 2. The van der Waals surface area contributed by atoms with Gasteiger partial charge in [0.25, 0.3) is 0 Å². The summed E-state index contributed by atoms with van der Waals surface area (Å²) in [5.74, 6) is 2.54. The lowest BCUT2D eigenvalue weighted by molar-refractivity contribution is 0.545. The van der Waals surface area contributed by atoms with E-state index in [2.05, 4.69) is 20.2 Å². The number of anilines is 3. The SMILES string of the molecule is CN[C@@H]1CCN(c2nc(N)nc(N)c2CC2CCCC2)C1. The fraction of sp³-hybridized carbons (Fsp3) is 0.733. The number of nitrogens with one attached hydrogen (secondary N) is 1. The highest BCUT2D eigenvalue weighted by atomic mass is 15.3. The van der Waals surface area contributed by atoms with Gasteiger partial charge in [-0.15, -0.1) is 0 Å². The Kier molecular flexibility index (Phi) is 4.14. The van der Waals surface area contributed by atoms with E-state index in [9.17, 15) is 0 Å². The first-order chi connectivity index (χ1) is 10.2. The van der Waals surface area contributed by atoms with Crippen molar-refractivity contribution in [2.75, 3.05) is 36.5 Å². The Morgan fingerprint density at radius 1 is 1.19 bits per heavy atom. The molecule has 1 aromatic heterocycles. The van der Waals surface area contributed by atoms with E-state index in [1.54, 1.807) is 0 Å². The van der Waals surface area contributed by atoms with Gasteiger partial charge >= 0.3 is 0 Å². The van der Waals surface area contributed by atoms with Crippen LogP contribution in [0.3, 0.4) is 0 Å². The molecule has 2 heterocycles. The second-order valence-electron chi connectivity index (χ2n) is 6.34. The summed E-state index contributed by atoms with van der Waals surface area (Å²) in [4.78, 5) is 11.0. The zero-order valence-electron chi connectivity index (χ0n) is 12.8. The van der Waals surface area contributed by atoms with Crippen molar-refractivity contribution in [2.24, 2.45) is 5.92 Å². The molecule has 1 saturated carbocycles. The van der Waals surface area contributed by atoms with Gasteiger partial charge in [0.2, 0.25) is 5.95 Å². The predicted octanol–water partition coefficient (Wildman–Crippen LogP) is 1.17. The minimum Gasteiger partial charge on any atom is -0.383 e. The van der Waals surface area contributed by atoms with Crippen LogP contribution in [0.4, 0.5) is 17.6 Å². The Balaban J connectivity index is 1.86. The molecule has 1 aliphatic heterocycles. The van der Waals surface area contributed by atoms with Crippen LogP contribution in [0, 0.1) is 5.92 Å². The molecule has 6 nitrogen and oxygen atoms in total. The maximum Gasteiger partial charge on any atom is 0.223 e. The van der Waals surface area contributed by atoms with Crippen molar-refractivity contribution in [1.29, 1.82) is 0 Å². The van der Waals surface area contributed by atoms with Gasteiger partial charge in [-0.2, -0.15) is 9.97 Å². The minimum atomic E-state index is 0.283. The van der Waals surface area contributed by atoms with Crippen molar-refractivity contribution in [3.05, 3.63) is 5.56 Å². The smallest absolute Gasteiger partial charge is 0.223 e. The molecule has 0 spiro atoms. The Bertz CT molecular complexity index is 497. The molecule has 1 atom stereocenters. The van der Waals surface area contributed by atoms with Gasteiger partial charge in [0.15, 0.2) is 0 Å². The quantitative estimate of drug-likeness (QED) is 0.771. The molecule has 2 aliphatic rings. The standard InChI is InChI=1S/C15H26N6/c1-18-11-6-7-21(9-11)14-12(8-10-4-2-3-5-10)13(16)19-15(17)20-14/h10-11,18H,2-9H2,1H3,(H4,16,17,19,20)/t11-/m1/s1. The number of hydrogen-bond donors (Lipinski definition) is 3. The maximum absolute atomic E-state index is 6.16. The van der Waals surface area contributed by atoms with Gasteiger partial charge < -0.3 is 21.7 Å². The van der Waals surface area contributed by atoms with Crippen LogP contribution in [0.5, 0.6) is 0 Å². The highest BCUT2D eigenvalue weighted by molar-refractivity contribution is 5.60. The second-order valence-corrected chi connectivity index (χ2v) is 6.34. The van der Waals surface area contributed by atoms with Gasteiger partial charge in [-0.05, 0) is 25.8 Å². The molecule has 0 unspecified atom stereocenters. The van der Waals surface area contributed by atoms with Gasteiger partial charge in [0, 0.05) is 24.7 Å². The summed E-state index contributed by atoms with van der Waals surface area (Å²) in [6, 6.07) is 0.516. The molecule has 0 radical (unpaired) electrons. The molecule has 21 heavy (non-hydrogen) atoms. The number of nitrogens with two attached hydrogens (primary N) is 2. The minimum absolute atomic E-state index is 0.283. The van der Waals surface area contributed by atoms with E-state index in [1.165, 1.54) is 25.7 Å². The molecule has 1 saturated heterocycles. The van der Waals surface area contributed by atoms with Gasteiger partial charge in [0.05, 0.1) is 0 Å². The van der Waals surface area contributed by atoms with Crippen molar-refractivity contribution in [3.63, 3.8) is 0 Å². The van der Waals surface area contributed by atoms with Crippen molar-refractivity contribution in [1.82, 2.24) is 15.3 Å². The Morgan fingerprint density at radius 2 is 1.95 bits per heavy atom. The first-order valence-electron chi connectivity index (χ1n) is 8.01. The number of likely N-dealkylation sites (N-methyl/N-ethyl adjacent to an activating group) is 1. The zero-order chi connectivity index (χ0) is 14.8. The highest BCUT2D eigenvalue weighted by Gasteiger charge is 2.27. The van der Waals surface area contributed by atoms with E-state index in [0.29, 0.717) is 11.9 Å². The van der Waals surface area contributed by atoms with E-state index in [-0.39, 0.29) is 5.95 Å². The van der Waals surface area contributed by atoms with Crippen LogP contribution in [0.1, 0.15) is 37.7 Å². The van der Waals surface area contributed by atoms with Crippen LogP contribution in [-0.4, -0.2) is 36.1 Å². The Labute approximate surface area is 126 Å². The van der Waals surface area contributed by atoms with Crippen LogP contribution in [0.15, 0.2) is 0 Å². The molecular formula is C15H26N6. The molecular weight excluding hydrogens is 264 g/mol. The second kappa shape index (κ2) is 6.05. The predicted molar refractivity (Wildman–Crippen MR) is 86.2 cm³/mol. The summed E-state index contributed by atoms with van der Waals surface area (Å²) < 4.78 is 0. The maximum atomic E-state index is 6.16. The third-order valence-corrected chi connectivity index (χ3v) is 4.90. The molecule has 1 aliphatic carbocycles. The molecule has 6 heteroatoms. The Hall–Kier alpha value is -1.56. The van der Waals surface area contributed by atoms with Gasteiger partial charge in [0.1, 0.15) is 11.6 Å². The van der Waals surface area contributed by atoms with Crippen molar-refractivity contribution in [2.45, 2.75) is 44.6 Å². The monoisotopic (exact) mass is 290 g/mol. The molecule has 0 aromatic carbocycles. The van der Waals surface area contributed by atoms with Gasteiger partial charge in [-0.25, -0.2) is 0 Å². The number of nitrogen functional groups attached to an aromatic ring is 2. The lowest BCUT2D eigenvalue weighted by Gasteiger charge is -2.23. The molecule has 5 N–H and O–H groups in total. The fourth-order valence-corrected chi connectivity index (χ4v) is 3.66. The van der Waals surface area contributed by atoms with Gasteiger partial charge in [-0.3, -0.25) is 0 Å². The van der Waals surface area contributed by atoms with Crippen molar-refractivity contribution >= 4 is 17.6 Å².